The first-order chi connectivity index (χ1) is 8.58. The summed E-state index contributed by atoms with van der Waals surface area (Å²) in [6, 6.07) is 9.81. The van der Waals surface area contributed by atoms with E-state index in [9.17, 15) is 0 Å². The third-order valence-electron chi connectivity index (χ3n) is 2.76. The quantitative estimate of drug-likeness (QED) is 0.901. The Morgan fingerprint density at radius 1 is 1.22 bits per heavy atom. The van der Waals surface area contributed by atoms with Crippen LogP contribution < -0.4 is 10.5 Å². The second kappa shape index (κ2) is 5.35. The Balaban J connectivity index is 1.89. The maximum absolute atomic E-state index is 5.70. The third kappa shape index (κ3) is 3.20. The SMILES string of the molecule is CC(C)(CCOc1ccccc1)c1nnc(N)s1. The molecule has 18 heavy (non-hydrogen) atoms. The van der Waals surface area contributed by atoms with E-state index in [0.717, 1.165) is 17.2 Å². The van der Waals surface area contributed by atoms with Crippen molar-refractivity contribution in [1.82, 2.24) is 10.2 Å². The number of nitrogen functional groups attached to an aromatic ring is 1. The molecule has 5 heteroatoms. The molecule has 0 amide bonds. The minimum absolute atomic E-state index is 0.0654. The fourth-order valence-electron chi connectivity index (χ4n) is 1.56. The minimum Gasteiger partial charge on any atom is -0.494 e. The molecule has 4 nitrogen and oxygen atoms in total. The van der Waals surface area contributed by atoms with Crippen LogP contribution in [0.4, 0.5) is 5.13 Å². The molecule has 0 saturated carbocycles. The van der Waals surface area contributed by atoms with Crippen LogP contribution in [0, 0.1) is 0 Å². The molecule has 0 unspecified atom stereocenters. The summed E-state index contributed by atoms with van der Waals surface area (Å²) in [5.41, 5.74) is 5.54. The van der Waals surface area contributed by atoms with E-state index >= 15 is 0 Å². The number of benzene rings is 1. The number of nitrogens with zero attached hydrogens (tertiary/aromatic N) is 2. The highest BCUT2D eigenvalue weighted by molar-refractivity contribution is 7.15. The van der Waals surface area contributed by atoms with Crippen molar-refractivity contribution in [2.45, 2.75) is 25.7 Å². The summed E-state index contributed by atoms with van der Waals surface area (Å²) < 4.78 is 5.70. The number of hydrogen-bond donors (Lipinski definition) is 1. The van der Waals surface area contributed by atoms with Crippen LogP contribution in [-0.4, -0.2) is 16.8 Å². The molecular weight excluding hydrogens is 246 g/mol. The highest BCUT2D eigenvalue weighted by atomic mass is 32.1. The molecule has 0 aliphatic rings. The smallest absolute Gasteiger partial charge is 0.203 e. The summed E-state index contributed by atoms with van der Waals surface area (Å²) in [7, 11) is 0. The number of rotatable bonds is 5. The molecule has 0 aliphatic carbocycles. The highest BCUT2D eigenvalue weighted by Gasteiger charge is 2.25. The summed E-state index contributed by atoms with van der Waals surface area (Å²) in [5, 5.41) is 9.43. The number of aromatic nitrogens is 2. The first-order valence-corrected chi connectivity index (χ1v) is 6.67. The summed E-state index contributed by atoms with van der Waals surface area (Å²) in [6.07, 6.45) is 0.872. The zero-order valence-electron chi connectivity index (χ0n) is 10.6. The zero-order valence-corrected chi connectivity index (χ0v) is 11.4. The molecule has 1 aromatic carbocycles. The van der Waals surface area contributed by atoms with Crippen molar-refractivity contribution in [3.8, 4) is 5.75 Å². The molecule has 2 N–H and O–H groups in total. The Kier molecular flexibility index (Phi) is 3.81. The molecule has 0 aliphatic heterocycles. The number of ether oxygens (including phenoxy) is 1. The molecule has 1 aromatic heterocycles. The van der Waals surface area contributed by atoms with E-state index in [0.29, 0.717) is 11.7 Å². The molecule has 0 atom stereocenters. The van der Waals surface area contributed by atoms with Crippen molar-refractivity contribution in [3.05, 3.63) is 35.3 Å². The predicted octanol–water partition coefficient (Wildman–Crippen LogP) is 2.87. The highest BCUT2D eigenvalue weighted by Crippen LogP contribution is 2.30. The molecule has 0 fully saturated rings. The average molecular weight is 263 g/mol. The van der Waals surface area contributed by atoms with Gasteiger partial charge in [0.1, 0.15) is 10.8 Å². The lowest BCUT2D eigenvalue weighted by Gasteiger charge is -2.21. The lowest BCUT2D eigenvalue weighted by Crippen LogP contribution is -2.20. The summed E-state index contributed by atoms with van der Waals surface area (Å²) in [6.45, 7) is 4.90. The number of nitrogens with two attached hydrogens (primary N) is 1. The molecule has 0 spiro atoms. The molecule has 0 bridgehead atoms. The van der Waals surface area contributed by atoms with E-state index in [-0.39, 0.29) is 5.41 Å². The summed E-state index contributed by atoms with van der Waals surface area (Å²) in [5.74, 6) is 0.894. The standard InChI is InChI=1S/C13H17N3OS/c1-13(2,11-15-16-12(14)18-11)8-9-17-10-6-4-3-5-7-10/h3-7H,8-9H2,1-2H3,(H2,14,16). The van der Waals surface area contributed by atoms with Crippen molar-refractivity contribution in [2.24, 2.45) is 0 Å². The van der Waals surface area contributed by atoms with Crippen molar-refractivity contribution in [1.29, 1.82) is 0 Å². The van der Waals surface area contributed by atoms with E-state index in [2.05, 4.69) is 24.0 Å². The lowest BCUT2D eigenvalue weighted by molar-refractivity contribution is 0.272. The Labute approximate surface area is 111 Å². The van der Waals surface area contributed by atoms with E-state index < -0.39 is 0 Å². The van der Waals surface area contributed by atoms with Gasteiger partial charge in [0.05, 0.1) is 6.61 Å². The molecule has 0 saturated heterocycles. The molecule has 1 heterocycles. The summed E-state index contributed by atoms with van der Waals surface area (Å²) in [4.78, 5) is 0. The molecule has 2 rings (SSSR count). The Morgan fingerprint density at radius 3 is 2.56 bits per heavy atom. The minimum atomic E-state index is -0.0654. The largest absolute Gasteiger partial charge is 0.494 e. The van der Waals surface area contributed by atoms with Gasteiger partial charge in [0, 0.05) is 5.41 Å². The van der Waals surface area contributed by atoms with Gasteiger partial charge in [-0.3, -0.25) is 0 Å². The second-order valence-electron chi connectivity index (χ2n) is 4.74. The van der Waals surface area contributed by atoms with Crippen molar-refractivity contribution in [2.75, 3.05) is 12.3 Å². The molecule has 96 valence electrons. The van der Waals surface area contributed by atoms with Crippen LogP contribution in [0.25, 0.3) is 0 Å². The van der Waals surface area contributed by atoms with E-state index in [1.165, 1.54) is 11.3 Å². The normalized spacial score (nSPS) is 11.4. The van der Waals surface area contributed by atoms with Gasteiger partial charge in [0.2, 0.25) is 5.13 Å². The molecular formula is C13H17N3OS. The van der Waals surface area contributed by atoms with Gasteiger partial charge < -0.3 is 10.5 Å². The Hall–Kier alpha value is -1.62. The van der Waals surface area contributed by atoms with E-state index in [4.69, 9.17) is 10.5 Å². The molecule has 2 aromatic rings. The first kappa shape index (κ1) is 12.8. The van der Waals surface area contributed by atoms with Gasteiger partial charge in [-0.05, 0) is 18.6 Å². The van der Waals surface area contributed by atoms with Gasteiger partial charge in [-0.15, -0.1) is 10.2 Å². The summed E-state index contributed by atoms with van der Waals surface area (Å²) >= 11 is 1.44. The van der Waals surface area contributed by atoms with Crippen molar-refractivity contribution >= 4 is 16.5 Å². The van der Waals surface area contributed by atoms with Crippen molar-refractivity contribution < 1.29 is 4.74 Å². The van der Waals surface area contributed by atoms with Gasteiger partial charge in [0.15, 0.2) is 0 Å². The van der Waals surface area contributed by atoms with Crippen molar-refractivity contribution in [3.63, 3.8) is 0 Å². The Morgan fingerprint density at radius 2 is 1.94 bits per heavy atom. The average Bonchev–Trinajstić information content (AvgIpc) is 2.78. The Bertz CT molecular complexity index is 496. The van der Waals surface area contributed by atoms with Gasteiger partial charge >= 0.3 is 0 Å². The molecule has 0 radical (unpaired) electrons. The first-order valence-electron chi connectivity index (χ1n) is 5.85. The maximum atomic E-state index is 5.70. The third-order valence-corrected chi connectivity index (χ3v) is 3.88. The fraction of sp³-hybridized carbons (Fsp3) is 0.385. The zero-order chi connectivity index (χ0) is 13.0. The van der Waals surface area contributed by atoms with Crippen LogP contribution in [0.5, 0.6) is 5.75 Å². The lowest BCUT2D eigenvalue weighted by atomic mass is 9.91. The number of hydrogen-bond acceptors (Lipinski definition) is 5. The topological polar surface area (TPSA) is 61.0 Å². The monoisotopic (exact) mass is 263 g/mol. The van der Waals surface area contributed by atoms with Gasteiger partial charge in [0.25, 0.3) is 0 Å². The number of para-hydroxylation sites is 1. The van der Waals surface area contributed by atoms with Gasteiger partial charge in [-0.25, -0.2) is 0 Å². The number of anilines is 1. The van der Waals surface area contributed by atoms with Crippen LogP contribution in [-0.2, 0) is 5.41 Å². The predicted molar refractivity (Wildman–Crippen MR) is 73.9 cm³/mol. The van der Waals surface area contributed by atoms with E-state index in [1.54, 1.807) is 0 Å². The van der Waals surface area contributed by atoms with Crippen LogP contribution in [0.15, 0.2) is 30.3 Å². The van der Waals surface area contributed by atoms with Crippen LogP contribution in [0.2, 0.25) is 0 Å². The second-order valence-corrected chi connectivity index (χ2v) is 5.75. The van der Waals surface area contributed by atoms with Gasteiger partial charge in [-0.1, -0.05) is 43.4 Å². The van der Waals surface area contributed by atoms with E-state index in [1.807, 2.05) is 30.3 Å². The maximum Gasteiger partial charge on any atom is 0.203 e. The van der Waals surface area contributed by atoms with Crippen LogP contribution in [0.1, 0.15) is 25.3 Å². The van der Waals surface area contributed by atoms with Crippen LogP contribution >= 0.6 is 11.3 Å². The van der Waals surface area contributed by atoms with Crippen LogP contribution in [0.3, 0.4) is 0 Å². The van der Waals surface area contributed by atoms with Gasteiger partial charge in [-0.2, -0.15) is 0 Å². The fourth-order valence-corrected chi connectivity index (χ4v) is 2.30.